The fraction of sp³-hybridized carbons (Fsp3) is 0.667. The molecule has 0 aromatic heterocycles. The lowest BCUT2D eigenvalue weighted by atomic mass is 10.3. The van der Waals surface area contributed by atoms with Crippen molar-refractivity contribution in [2.75, 3.05) is 40.5 Å². The van der Waals surface area contributed by atoms with Crippen LogP contribution in [0.4, 0.5) is 52.7 Å². The molecule has 24 heteroatoms. The number of carboxylic acid groups (broad SMARTS) is 1. The first-order valence-corrected chi connectivity index (χ1v) is 13.2. The molecule has 0 N–H and O–H groups in total. The number of unbranched alkanes of at least 4 members (excludes halogenated alkanes) is 2. The van der Waals surface area contributed by atoms with Crippen LogP contribution in [0.5, 0.6) is 0 Å². The normalized spacial score (nSPS) is 13.8. The lowest BCUT2D eigenvalue weighted by Gasteiger charge is -2.17. The van der Waals surface area contributed by atoms with Crippen LogP contribution in [-0.4, -0.2) is 108 Å². The average molecular weight is 771 g/mol. The summed E-state index contributed by atoms with van der Waals surface area (Å²) in [5, 5.41) is 6.50. The van der Waals surface area contributed by atoms with Crippen LogP contribution < -0.4 is 17.5 Å². The minimum atomic E-state index is -5.62. The molecule has 2 rings (SSSR count). The Balaban J connectivity index is -0.000000256. The first kappa shape index (κ1) is 51.5. The summed E-state index contributed by atoms with van der Waals surface area (Å²) in [5.74, 6) is -9.41. The summed E-state index contributed by atoms with van der Waals surface area (Å²) in [5.41, 5.74) is 0. The minimum absolute atomic E-state index is 0. The smallest absolute Gasteiger partial charge is 0.491 e. The van der Waals surface area contributed by atoms with Gasteiger partial charge in [-0.15, -0.1) is 0 Å². The number of hydrogen-bond donors (Lipinski definition) is 0. The molecule has 0 aromatic rings. The second kappa shape index (κ2) is 23.9. The van der Waals surface area contributed by atoms with Gasteiger partial charge < -0.3 is 46.6 Å². The Hall–Kier alpha value is -3.30. The van der Waals surface area contributed by atoms with Gasteiger partial charge >= 0.3 is 41.9 Å². The summed E-state index contributed by atoms with van der Waals surface area (Å²) in [6, 6.07) is 0. The van der Waals surface area contributed by atoms with Crippen LogP contribution >= 0.6 is 11.6 Å². The van der Waals surface area contributed by atoms with Crippen molar-refractivity contribution in [2.24, 2.45) is 0 Å². The highest BCUT2D eigenvalue weighted by Crippen LogP contribution is 2.21. The highest BCUT2D eigenvalue weighted by Gasteiger charge is 2.49. The molecule has 0 saturated heterocycles. The monoisotopic (exact) mass is 770 g/mol. The van der Waals surface area contributed by atoms with Crippen LogP contribution in [0, 0.1) is 0 Å². The number of nitrogens with zero attached hydrogens (tertiary/aromatic N) is 4. The lowest BCUT2D eigenvalue weighted by molar-refractivity contribution is -0.344. The highest BCUT2D eigenvalue weighted by atomic mass is 35.5. The van der Waals surface area contributed by atoms with Gasteiger partial charge in [-0.3, -0.25) is 4.79 Å². The van der Waals surface area contributed by atoms with E-state index in [0.29, 0.717) is 0 Å². The lowest BCUT2D eigenvalue weighted by Crippen LogP contribution is -3.00. The van der Waals surface area contributed by atoms with Gasteiger partial charge in [0.15, 0.2) is 0 Å². The van der Waals surface area contributed by atoms with Crippen LogP contribution in [0.15, 0.2) is 24.8 Å². The fourth-order valence-electron chi connectivity index (χ4n) is 2.39. The number of carbonyl (C=O) groups excluding carboxylic acids is 4. The maximum atomic E-state index is 11.2. The molecule has 0 radical (unpaired) electrons. The van der Waals surface area contributed by atoms with Gasteiger partial charge in [0.2, 0.25) is 0 Å². The molecule has 48 heavy (non-hydrogen) atoms. The maximum Gasteiger partial charge on any atom is 0.491 e. The highest BCUT2D eigenvalue weighted by molar-refractivity contribution is 6.64. The number of esters is 2. The summed E-state index contributed by atoms with van der Waals surface area (Å²) in [6.45, 7) is 9.00. The number of hydrogen-bond acceptors (Lipinski definition) is 10. The topological polar surface area (TPSA) is 114 Å². The average Bonchev–Trinajstić information content (AvgIpc) is 3.52. The Morgan fingerprint density at radius 2 is 0.917 bits per heavy atom. The molecular weight excluding hydrogens is 739 g/mol. The van der Waals surface area contributed by atoms with Crippen molar-refractivity contribution < 1.29 is 94.1 Å². The van der Waals surface area contributed by atoms with E-state index in [1.54, 1.807) is 0 Å². The number of halogens is 14. The molecule has 0 bridgehead atoms. The van der Waals surface area contributed by atoms with Crippen molar-refractivity contribution in [3.8, 4) is 0 Å². The van der Waals surface area contributed by atoms with Crippen LogP contribution in [-0.2, 0) is 23.9 Å². The van der Waals surface area contributed by atoms with Crippen LogP contribution in [0.1, 0.15) is 39.5 Å². The van der Waals surface area contributed by atoms with Gasteiger partial charge in [-0.2, -0.15) is 52.7 Å². The van der Waals surface area contributed by atoms with Gasteiger partial charge in [0.1, 0.15) is 5.97 Å². The fourth-order valence-corrected chi connectivity index (χ4v) is 2.39. The summed E-state index contributed by atoms with van der Waals surface area (Å²) < 4.78 is 133. The molecule has 10 nitrogen and oxygen atoms in total. The van der Waals surface area contributed by atoms with Gasteiger partial charge in [-0.05, 0) is 24.4 Å². The first-order chi connectivity index (χ1) is 21.1. The van der Waals surface area contributed by atoms with E-state index in [1.807, 2.05) is 0 Å². The van der Waals surface area contributed by atoms with Crippen molar-refractivity contribution in [1.82, 2.24) is 19.6 Å². The Bertz CT molecular complexity index is 945. The van der Waals surface area contributed by atoms with E-state index >= 15 is 0 Å². The molecule has 2 heterocycles. The third-order valence-corrected chi connectivity index (χ3v) is 4.79. The van der Waals surface area contributed by atoms with Crippen molar-refractivity contribution in [1.29, 1.82) is 0 Å². The van der Waals surface area contributed by atoms with Crippen LogP contribution in [0.2, 0.25) is 0 Å². The molecule has 2 aliphatic heterocycles. The number of ether oxygens (including phenoxy) is 1. The molecule has 0 spiro atoms. The largest absolute Gasteiger partial charge is 1.00 e. The number of carbonyl (C=O) groups is 4. The molecule has 0 fully saturated rings. The second-order valence-corrected chi connectivity index (χ2v) is 9.30. The Morgan fingerprint density at radius 1 is 0.646 bits per heavy atom. The van der Waals surface area contributed by atoms with Crippen molar-refractivity contribution in [2.45, 2.75) is 64.2 Å². The summed E-state index contributed by atoms with van der Waals surface area (Å²) >= 11 is 3.99. The maximum absolute atomic E-state index is 11.2. The van der Waals surface area contributed by atoms with Crippen molar-refractivity contribution in [3.63, 3.8) is 0 Å². The molecule has 0 amide bonds. The van der Waals surface area contributed by atoms with Crippen molar-refractivity contribution in [3.05, 3.63) is 24.8 Å². The number of rotatable bonds is 6. The van der Waals surface area contributed by atoms with Gasteiger partial charge in [0.25, 0.3) is 0 Å². The molecule has 0 aliphatic carbocycles. The summed E-state index contributed by atoms with van der Waals surface area (Å²) in [4.78, 5) is 46.3. The third kappa shape index (κ3) is 28.9. The van der Waals surface area contributed by atoms with E-state index in [0.717, 1.165) is 13.3 Å². The first-order valence-electron chi connectivity index (χ1n) is 12.8. The molecule has 0 atom stereocenters. The quantitative estimate of drug-likeness (QED) is 0.171. The number of alkyl halides is 12. The molecule has 0 aromatic carbocycles. The predicted molar refractivity (Wildman–Crippen MR) is 138 cm³/mol. The number of carboxylic acids is 1. The van der Waals surface area contributed by atoms with E-state index in [2.05, 4.69) is 88.7 Å². The molecule has 284 valence electrons. The third-order valence-electron chi connectivity index (χ3n) is 4.57. The van der Waals surface area contributed by atoms with Gasteiger partial charge in [-0.25, -0.2) is 9.59 Å². The van der Waals surface area contributed by atoms with Gasteiger partial charge in [0, 0.05) is 52.0 Å². The molecule has 2 aliphatic rings. The molecule has 0 saturated carbocycles. The Morgan fingerprint density at radius 3 is 1.06 bits per heavy atom. The van der Waals surface area contributed by atoms with E-state index in [9.17, 15) is 62.3 Å². The van der Waals surface area contributed by atoms with Gasteiger partial charge in [-0.1, -0.05) is 26.7 Å². The van der Waals surface area contributed by atoms with E-state index in [-0.39, 0.29) is 12.4 Å². The Labute approximate surface area is 278 Å². The summed E-state index contributed by atoms with van der Waals surface area (Å²) in [6.07, 6.45) is -7.57. The van der Waals surface area contributed by atoms with Crippen molar-refractivity contribution >= 4 is 34.8 Å². The number of aliphatic carboxylic acids is 1. The van der Waals surface area contributed by atoms with Gasteiger partial charge in [0.05, 0.1) is 13.3 Å². The second-order valence-electron chi connectivity index (χ2n) is 8.95. The van der Waals surface area contributed by atoms with Crippen LogP contribution in [0.3, 0.4) is 0 Å². The zero-order valence-electron chi connectivity index (χ0n) is 25.5. The van der Waals surface area contributed by atoms with E-state index < -0.39 is 47.9 Å². The van der Waals surface area contributed by atoms with Crippen LogP contribution in [0.25, 0.3) is 0 Å². The molecule has 0 unspecified atom stereocenters. The Kier molecular flexibility index (Phi) is 25.7. The zero-order valence-corrected chi connectivity index (χ0v) is 27.0. The standard InChI is InChI=1S/2C8H16N2.C4F6O3.C2ClF3O.C2HF3O2.ClH/c2*1-3-4-5-10-7-6-9(2)8-10;5-3(6,7)1(11)13-2(12)4(8,9)10;3-1(7)2(4,5)6;3-2(4,5)1(6)7;/h2*6-7H,3-5,8H2,1-2H3;;;(H,6,7);1H/p-2. The SMILES string of the molecule is CCCCN1C=CN(C)C1.CCCCN1C=CN(C)C1.O=C(Cl)C(F)(F)F.O=C(OC(=O)C(F)(F)F)C(F)(F)F.O=C([O-])C(F)(F)F.[Cl-]. The summed E-state index contributed by atoms with van der Waals surface area (Å²) in [7, 11) is 4.20. The van der Waals surface area contributed by atoms with E-state index in [1.165, 1.54) is 38.8 Å². The minimum Gasteiger partial charge on any atom is -1.00 e. The van der Waals surface area contributed by atoms with E-state index in [4.69, 9.17) is 14.7 Å². The predicted octanol–water partition coefficient (Wildman–Crippen LogP) is 1.72. The molecular formula is C24H32Cl2F12N4O6-2. The zero-order chi connectivity index (χ0) is 37.8.